The van der Waals surface area contributed by atoms with Gasteiger partial charge in [0.05, 0.1) is 17.1 Å². The molecular formula is C14H17N5O2. The highest BCUT2D eigenvalue weighted by Gasteiger charge is 2.10. The summed E-state index contributed by atoms with van der Waals surface area (Å²) in [6.07, 6.45) is 0. The lowest BCUT2D eigenvalue weighted by atomic mass is 10.2. The highest BCUT2D eigenvalue weighted by atomic mass is 16.6. The molecule has 0 atom stereocenters. The summed E-state index contributed by atoms with van der Waals surface area (Å²) in [7, 11) is 5.59. The minimum atomic E-state index is -0.442. The molecule has 110 valence electrons. The van der Waals surface area contributed by atoms with E-state index < -0.39 is 4.92 Å². The summed E-state index contributed by atoms with van der Waals surface area (Å²) in [4.78, 5) is 16.7. The Kier molecular flexibility index (Phi) is 4.22. The van der Waals surface area contributed by atoms with Gasteiger partial charge in [-0.1, -0.05) is 0 Å². The quantitative estimate of drug-likeness (QED) is 0.650. The van der Waals surface area contributed by atoms with Crippen molar-refractivity contribution in [3.05, 3.63) is 46.5 Å². The predicted molar refractivity (Wildman–Crippen MR) is 84.5 cm³/mol. The second kappa shape index (κ2) is 6.08. The molecular weight excluding hydrogens is 270 g/mol. The first-order valence-electron chi connectivity index (χ1n) is 6.38. The molecule has 0 radical (unpaired) electrons. The van der Waals surface area contributed by atoms with E-state index in [-0.39, 0.29) is 5.69 Å². The molecule has 1 heterocycles. The van der Waals surface area contributed by atoms with E-state index in [0.717, 1.165) is 11.4 Å². The van der Waals surface area contributed by atoms with Crippen LogP contribution in [0.4, 0.5) is 28.7 Å². The van der Waals surface area contributed by atoms with E-state index in [4.69, 9.17) is 0 Å². The van der Waals surface area contributed by atoms with Crippen molar-refractivity contribution in [2.45, 2.75) is 0 Å². The molecule has 0 saturated carbocycles. The Labute approximate surface area is 122 Å². The van der Waals surface area contributed by atoms with Gasteiger partial charge in [-0.3, -0.25) is 10.1 Å². The monoisotopic (exact) mass is 287 g/mol. The van der Waals surface area contributed by atoms with Crippen LogP contribution < -0.4 is 15.5 Å². The van der Waals surface area contributed by atoms with Crippen LogP contribution >= 0.6 is 0 Å². The Morgan fingerprint density at radius 3 is 2.29 bits per heavy atom. The summed E-state index contributed by atoms with van der Waals surface area (Å²) in [6, 6.07) is 10.5. The molecule has 0 saturated heterocycles. The van der Waals surface area contributed by atoms with Crippen LogP contribution in [0.5, 0.6) is 0 Å². The summed E-state index contributed by atoms with van der Waals surface area (Å²) in [5.41, 5.74) is 1.88. The zero-order valence-electron chi connectivity index (χ0n) is 12.1. The fourth-order valence-corrected chi connectivity index (χ4v) is 1.80. The van der Waals surface area contributed by atoms with Crippen molar-refractivity contribution in [2.24, 2.45) is 0 Å². The van der Waals surface area contributed by atoms with E-state index in [0.29, 0.717) is 11.6 Å². The zero-order chi connectivity index (χ0) is 15.4. The number of nitrogens with zero attached hydrogens (tertiary/aromatic N) is 3. The average molecular weight is 287 g/mol. The first kappa shape index (κ1) is 14.6. The van der Waals surface area contributed by atoms with Gasteiger partial charge in [0.2, 0.25) is 0 Å². The third kappa shape index (κ3) is 3.59. The number of nitro groups is 1. The van der Waals surface area contributed by atoms with E-state index in [1.54, 1.807) is 7.05 Å². The maximum atomic E-state index is 10.9. The van der Waals surface area contributed by atoms with Crippen LogP contribution in [0.1, 0.15) is 0 Å². The summed E-state index contributed by atoms with van der Waals surface area (Å²) >= 11 is 0. The number of rotatable bonds is 5. The Morgan fingerprint density at radius 2 is 1.76 bits per heavy atom. The van der Waals surface area contributed by atoms with Crippen LogP contribution in [0, 0.1) is 10.1 Å². The molecule has 0 bridgehead atoms. The average Bonchev–Trinajstić information content (AvgIpc) is 2.47. The minimum absolute atomic E-state index is 0.0123. The lowest BCUT2D eigenvalue weighted by Crippen LogP contribution is -2.08. The molecule has 7 heteroatoms. The summed E-state index contributed by atoms with van der Waals surface area (Å²) in [6.45, 7) is 0. The highest BCUT2D eigenvalue weighted by molar-refractivity contribution is 5.64. The van der Waals surface area contributed by atoms with Gasteiger partial charge in [-0.15, -0.1) is 0 Å². The molecule has 0 aliphatic rings. The largest absolute Gasteiger partial charge is 0.378 e. The van der Waals surface area contributed by atoms with E-state index in [1.165, 1.54) is 12.1 Å². The summed E-state index contributed by atoms with van der Waals surface area (Å²) < 4.78 is 0. The molecule has 0 spiro atoms. The van der Waals surface area contributed by atoms with E-state index in [1.807, 2.05) is 43.3 Å². The zero-order valence-corrected chi connectivity index (χ0v) is 12.1. The second-order valence-corrected chi connectivity index (χ2v) is 4.67. The maximum Gasteiger partial charge on any atom is 0.276 e. The first-order chi connectivity index (χ1) is 9.99. The standard InChI is InChI=1S/C14H17N5O2/c1-15-13-8-12(19(20)21)9-14(17-13)16-10-4-6-11(7-5-10)18(2)3/h4-9H,1-3H3,(H2,15,16,17). The van der Waals surface area contributed by atoms with Crippen LogP contribution in [0.3, 0.4) is 0 Å². The fraction of sp³-hybridized carbons (Fsp3) is 0.214. The topological polar surface area (TPSA) is 83.3 Å². The van der Waals surface area contributed by atoms with Gasteiger partial charge in [0, 0.05) is 32.5 Å². The van der Waals surface area contributed by atoms with Crippen molar-refractivity contribution in [1.82, 2.24) is 4.98 Å². The van der Waals surface area contributed by atoms with Gasteiger partial charge in [-0.25, -0.2) is 4.98 Å². The lowest BCUT2D eigenvalue weighted by Gasteiger charge is -2.13. The van der Waals surface area contributed by atoms with Gasteiger partial charge in [-0.05, 0) is 24.3 Å². The molecule has 0 unspecified atom stereocenters. The fourth-order valence-electron chi connectivity index (χ4n) is 1.80. The van der Waals surface area contributed by atoms with E-state index >= 15 is 0 Å². The molecule has 1 aromatic heterocycles. The predicted octanol–water partition coefficient (Wildman–Crippen LogP) is 2.84. The van der Waals surface area contributed by atoms with Crippen LogP contribution in [0.15, 0.2) is 36.4 Å². The number of benzene rings is 1. The van der Waals surface area contributed by atoms with Crippen LogP contribution in [0.2, 0.25) is 0 Å². The maximum absolute atomic E-state index is 10.9. The lowest BCUT2D eigenvalue weighted by molar-refractivity contribution is -0.384. The number of pyridine rings is 1. The van der Waals surface area contributed by atoms with Crippen molar-refractivity contribution in [3.63, 3.8) is 0 Å². The Hall–Kier alpha value is -2.83. The van der Waals surface area contributed by atoms with Crippen molar-refractivity contribution in [3.8, 4) is 0 Å². The Morgan fingerprint density at radius 1 is 1.14 bits per heavy atom. The third-order valence-corrected chi connectivity index (χ3v) is 2.93. The third-order valence-electron chi connectivity index (χ3n) is 2.93. The molecule has 2 aromatic rings. The van der Waals surface area contributed by atoms with Crippen molar-refractivity contribution in [1.29, 1.82) is 0 Å². The molecule has 7 nitrogen and oxygen atoms in total. The smallest absolute Gasteiger partial charge is 0.276 e. The van der Waals surface area contributed by atoms with Gasteiger partial charge in [-0.2, -0.15) is 0 Å². The van der Waals surface area contributed by atoms with Gasteiger partial charge < -0.3 is 15.5 Å². The molecule has 0 aliphatic carbocycles. The van der Waals surface area contributed by atoms with Gasteiger partial charge >= 0.3 is 0 Å². The number of anilines is 4. The van der Waals surface area contributed by atoms with Gasteiger partial charge in [0.15, 0.2) is 0 Å². The van der Waals surface area contributed by atoms with E-state index in [9.17, 15) is 10.1 Å². The second-order valence-electron chi connectivity index (χ2n) is 4.67. The number of hydrogen-bond acceptors (Lipinski definition) is 6. The Bertz CT molecular complexity index is 640. The summed E-state index contributed by atoms with van der Waals surface area (Å²) in [5.74, 6) is 0.864. The molecule has 21 heavy (non-hydrogen) atoms. The molecule has 0 fully saturated rings. The van der Waals surface area contributed by atoms with Crippen molar-refractivity contribution in [2.75, 3.05) is 36.7 Å². The molecule has 1 aromatic carbocycles. The van der Waals surface area contributed by atoms with Crippen LogP contribution in [0.25, 0.3) is 0 Å². The highest BCUT2D eigenvalue weighted by Crippen LogP contribution is 2.24. The van der Waals surface area contributed by atoms with Crippen LogP contribution in [-0.4, -0.2) is 31.1 Å². The van der Waals surface area contributed by atoms with Gasteiger partial charge in [0.1, 0.15) is 11.6 Å². The first-order valence-corrected chi connectivity index (χ1v) is 6.38. The van der Waals surface area contributed by atoms with E-state index in [2.05, 4.69) is 15.6 Å². The van der Waals surface area contributed by atoms with Crippen LogP contribution in [-0.2, 0) is 0 Å². The molecule has 0 aliphatic heterocycles. The van der Waals surface area contributed by atoms with Gasteiger partial charge in [0.25, 0.3) is 5.69 Å². The molecule has 0 amide bonds. The molecule has 2 N–H and O–H groups in total. The SMILES string of the molecule is CNc1cc([N+](=O)[O-])cc(Nc2ccc(N(C)C)cc2)n1. The molecule has 2 rings (SSSR count). The number of hydrogen-bond donors (Lipinski definition) is 2. The number of nitrogens with one attached hydrogen (secondary N) is 2. The van der Waals surface area contributed by atoms with Crippen molar-refractivity contribution < 1.29 is 4.92 Å². The Balaban J connectivity index is 2.26. The number of aromatic nitrogens is 1. The normalized spacial score (nSPS) is 10.0. The summed E-state index contributed by atoms with van der Waals surface area (Å²) in [5, 5.41) is 16.8. The van der Waals surface area contributed by atoms with Crippen molar-refractivity contribution >= 4 is 28.7 Å². The minimum Gasteiger partial charge on any atom is -0.378 e.